The van der Waals surface area contributed by atoms with Gasteiger partial charge in [-0.15, -0.1) is 0 Å². The summed E-state index contributed by atoms with van der Waals surface area (Å²) in [6, 6.07) is 0.785. The predicted octanol–water partition coefficient (Wildman–Crippen LogP) is 4.31. The number of likely N-dealkylation sites (tertiary alicyclic amines) is 1. The van der Waals surface area contributed by atoms with Gasteiger partial charge < -0.3 is 0 Å². The van der Waals surface area contributed by atoms with Crippen molar-refractivity contribution in [2.45, 2.75) is 59.4 Å². The summed E-state index contributed by atoms with van der Waals surface area (Å²) in [6.45, 7) is 12.0. The fourth-order valence-electron chi connectivity index (χ4n) is 2.74. The van der Waals surface area contributed by atoms with Crippen LogP contribution < -0.4 is 0 Å². The van der Waals surface area contributed by atoms with Crippen LogP contribution in [0.3, 0.4) is 0 Å². The Morgan fingerprint density at radius 3 is 2.31 bits per heavy atom. The van der Waals surface area contributed by atoms with E-state index in [9.17, 15) is 0 Å². The standard InChI is InChI=1S/C14H28BrN/c1-5-14(6-2,10-15)11-16-9-12(3)7-8-13(16)4/h12-13H,5-11H2,1-4H3. The van der Waals surface area contributed by atoms with Crippen LogP contribution in [0.4, 0.5) is 0 Å². The summed E-state index contributed by atoms with van der Waals surface area (Å²) in [5.74, 6) is 0.887. The fraction of sp³-hybridized carbons (Fsp3) is 1.00. The molecule has 1 aliphatic rings. The normalized spacial score (nSPS) is 28.3. The average Bonchev–Trinajstić information content (AvgIpc) is 2.31. The number of hydrogen-bond acceptors (Lipinski definition) is 1. The molecule has 96 valence electrons. The molecule has 0 amide bonds. The minimum atomic E-state index is 0.491. The van der Waals surface area contributed by atoms with Gasteiger partial charge in [0.25, 0.3) is 0 Å². The van der Waals surface area contributed by atoms with Crippen molar-refractivity contribution in [2.24, 2.45) is 11.3 Å². The lowest BCUT2D eigenvalue weighted by Gasteiger charge is -2.43. The van der Waals surface area contributed by atoms with Gasteiger partial charge in [-0.1, -0.05) is 36.7 Å². The van der Waals surface area contributed by atoms with Crippen molar-refractivity contribution in [1.29, 1.82) is 0 Å². The van der Waals surface area contributed by atoms with E-state index in [0.717, 1.165) is 17.3 Å². The lowest BCUT2D eigenvalue weighted by Crippen LogP contribution is -2.47. The van der Waals surface area contributed by atoms with Crippen LogP contribution in [0.25, 0.3) is 0 Å². The van der Waals surface area contributed by atoms with E-state index in [1.165, 1.54) is 38.8 Å². The fourth-order valence-corrected chi connectivity index (χ4v) is 3.71. The number of hydrogen-bond donors (Lipinski definition) is 0. The van der Waals surface area contributed by atoms with E-state index in [1.54, 1.807) is 0 Å². The van der Waals surface area contributed by atoms with Gasteiger partial charge in [-0.05, 0) is 43.9 Å². The molecule has 2 atom stereocenters. The topological polar surface area (TPSA) is 3.24 Å². The number of piperidine rings is 1. The van der Waals surface area contributed by atoms with E-state index >= 15 is 0 Å². The Kier molecular flexibility index (Phi) is 5.79. The van der Waals surface area contributed by atoms with Crippen molar-refractivity contribution in [1.82, 2.24) is 4.90 Å². The Hall–Kier alpha value is 0.440. The van der Waals surface area contributed by atoms with E-state index in [0.29, 0.717) is 5.41 Å². The molecule has 2 unspecified atom stereocenters. The van der Waals surface area contributed by atoms with Gasteiger partial charge in [0, 0.05) is 24.5 Å². The first-order valence-corrected chi connectivity index (χ1v) is 7.99. The second-order valence-electron chi connectivity index (χ2n) is 5.80. The monoisotopic (exact) mass is 289 g/mol. The minimum absolute atomic E-state index is 0.491. The third-order valence-electron chi connectivity index (χ3n) is 4.57. The van der Waals surface area contributed by atoms with Gasteiger partial charge in [0.05, 0.1) is 0 Å². The Morgan fingerprint density at radius 2 is 1.81 bits per heavy atom. The van der Waals surface area contributed by atoms with Crippen LogP contribution in [0.15, 0.2) is 0 Å². The molecule has 0 aromatic carbocycles. The van der Waals surface area contributed by atoms with Crippen LogP contribution in [-0.2, 0) is 0 Å². The second kappa shape index (κ2) is 6.39. The molecule has 16 heavy (non-hydrogen) atoms. The molecule has 0 aromatic heterocycles. The summed E-state index contributed by atoms with van der Waals surface area (Å²) in [4.78, 5) is 2.72. The maximum Gasteiger partial charge on any atom is 0.01000 e. The highest BCUT2D eigenvalue weighted by atomic mass is 79.9. The van der Waals surface area contributed by atoms with E-state index < -0.39 is 0 Å². The molecule has 1 rings (SSSR count). The van der Waals surface area contributed by atoms with Gasteiger partial charge in [0.15, 0.2) is 0 Å². The van der Waals surface area contributed by atoms with Crippen LogP contribution in [0, 0.1) is 11.3 Å². The van der Waals surface area contributed by atoms with Gasteiger partial charge in [0.2, 0.25) is 0 Å². The second-order valence-corrected chi connectivity index (χ2v) is 6.36. The van der Waals surface area contributed by atoms with E-state index in [4.69, 9.17) is 0 Å². The van der Waals surface area contributed by atoms with E-state index in [2.05, 4.69) is 48.5 Å². The highest BCUT2D eigenvalue weighted by Gasteiger charge is 2.31. The van der Waals surface area contributed by atoms with Gasteiger partial charge in [-0.25, -0.2) is 0 Å². The number of alkyl halides is 1. The Labute approximate surface area is 110 Å². The van der Waals surface area contributed by atoms with Crippen LogP contribution >= 0.6 is 15.9 Å². The molecule has 1 heterocycles. The van der Waals surface area contributed by atoms with E-state index in [1.807, 2.05) is 0 Å². The minimum Gasteiger partial charge on any atom is -0.300 e. The van der Waals surface area contributed by atoms with Crippen molar-refractivity contribution < 1.29 is 0 Å². The van der Waals surface area contributed by atoms with Gasteiger partial charge >= 0.3 is 0 Å². The Balaban J connectivity index is 2.62. The Morgan fingerprint density at radius 1 is 1.19 bits per heavy atom. The zero-order valence-corrected chi connectivity index (χ0v) is 13.0. The van der Waals surface area contributed by atoms with Crippen molar-refractivity contribution >= 4 is 15.9 Å². The molecule has 0 N–H and O–H groups in total. The molecule has 0 aliphatic carbocycles. The summed E-state index contributed by atoms with van der Waals surface area (Å²) >= 11 is 3.73. The first-order chi connectivity index (χ1) is 7.56. The van der Waals surface area contributed by atoms with Crippen molar-refractivity contribution in [3.63, 3.8) is 0 Å². The van der Waals surface area contributed by atoms with Crippen LogP contribution in [0.5, 0.6) is 0 Å². The lowest BCUT2D eigenvalue weighted by atomic mass is 9.82. The molecule has 1 nitrogen and oxygen atoms in total. The zero-order valence-electron chi connectivity index (χ0n) is 11.4. The molecule has 0 bridgehead atoms. The van der Waals surface area contributed by atoms with Crippen molar-refractivity contribution in [3.05, 3.63) is 0 Å². The molecular formula is C14H28BrN. The molecule has 0 aromatic rings. The van der Waals surface area contributed by atoms with E-state index in [-0.39, 0.29) is 0 Å². The molecular weight excluding hydrogens is 262 g/mol. The lowest BCUT2D eigenvalue weighted by molar-refractivity contribution is 0.0719. The van der Waals surface area contributed by atoms with Gasteiger partial charge in [0.1, 0.15) is 0 Å². The smallest absolute Gasteiger partial charge is 0.01000 e. The van der Waals surface area contributed by atoms with Crippen molar-refractivity contribution in [3.8, 4) is 0 Å². The van der Waals surface area contributed by atoms with Crippen molar-refractivity contribution in [2.75, 3.05) is 18.4 Å². The largest absolute Gasteiger partial charge is 0.300 e. The van der Waals surface area contributed by atoms with Gasteiger partial charge in [-0.3, -0.25) is 4.90 Å². The Bertz CT molecular complexity index is 193. The highest BCUT2D eigenvalue weighted by Crippen LogP contribution is 2.33. The molecule has 0 saturated carbocycles. The number of halogens is 1. The number of rotatable bonds is 5. The summed E-state index contributed by atoms with van der Waals surface area (Å²) in [5.41, 5.74) is 0.491. The average molecular weight is 290 g/mol. The summed E-state index contributed by atoms with van der Waals surface area (Å²) in [7, 11) is 0. The number of nitrogens with zero attached hydrogens (tertiary/aromatic N) is 1. The maximum absolute atomic E-state index is 3.73. The predicted molar refractivity (Wildman–Crippen MR) is 76.2 cm³/mol. The highest BCUT2D eigenvalue weighted by molar-refractivity contribution is 9.09. The molecule has 0 radical (unpaired) electrons. The zero-order chi connectivity index (χ0) is 12.2. The summed E-state index contributed by atoms with van der Waals surface area (Å²) in [5, 5.41) is 1.14. The van der Waals surface area contributed by atoms with Gasteiger partial charge in [-0.2, -0.15) is 0 Å². The van der Waals surface area contributed by atoms with Crippen LogP contribution in [0.1, 0.15) is 53.4 Å². The first-order valence-electron chi connectivity index (χ1n) is 6.87. The molecule has 1 aliphatic heterocycles. The molecule has 1 saturated heterocycles. The maximum atomic E-state index is 3.73. The van der Waals surface area contributed by atoms with Crippen LogP contribution in [-0.4, -0.2) is 29.4 Å². The third-order valence-corrected chi connectivity index (χ3v) is 5.76. The molecule has 0 spiro atoms. The summed E-state index contributed by atoms with van der Waals surface area (Å²) in [6.07, 6.45) is 5.36. The molecule has 1 fully saturated rings. The SMILES string of the molecule is CCC(CC)(CBr)CN1CC(C)CCC1C. The quantitative estimate of drug-likeness (QED) is 0.682. The first kappa shape index (κ1) is 14.5. The van der Waals surface area contributed by atoms with Crippen LogP contribution in [0.2, 0.25) is 0 Å². The molecule has 2 heteroatoms. The third kappa shape index (κ3) is 3.46. The summed E-state index contributed by atoms with van der Waals surface area (Å²) < 4.78 is 0.